The van der Waals surface area contributed by atoms with Gasteiger partial charge < -0.3 is 15.2 Å². The zero-order valence-corrected chi connectivity index (χ0v) is 14.6. The summed E-state index contributed by atoms with van der Waals surface area (Å²) in [5, 5.41) is 11.7. The topological polar surface area (TPSA) is 122 Å². The lowest BCUT2D eigenvalue weighted by atomic mass is 10.1. The number of carboxylic acid groups (broad SMARTS) is 1. The summed E-state index contributed by atoms with van der Waals surface area (Å²) >= 11 is 0. The number of hydrogen-bond donors (Lipinski definition) is 3. The highest BCUT2D eigenvalue weighted by Gasteiger charge is 2.27. The van der Waals surface area contributed by atoms with Gasteiger partial charge in [0.15, 0.2) is 0 Å². The van der Waals surface area contributed by atoms with Gasteiger partial charge in [0.25, 0.3) is 0 Å². The highest BCUT2D eigenvalue weighted by atomic mass is 32.2. The molecule has 134 valence electrons. The molecule has 0 fully saturated rings. The normalized spacial score (nSPS) is 12.5. The summed E-state index contributed by atoms with van der Waals surface area (Å²) in [5.41, 5.74) is 0.268. The van der Waals surface area contributed by atoms with Gasteiger partial charge >= 0.3 is 5.97 Å². The molecule has 0 aliphatic carbocycles. The zero-order chi connectivity index (χ0) is 18.3. The number of sulfonamides is 1. The van der Waals surface area contributed by atoms with Crippen molar-refractivity contribution in [3.63, 3.8) is 0 Å². The second-order valence-corrected chi connectivity index (χ2v) is 6.88. The van der Waals surface area contributed by atoms with Crippen molar-refractivity contribution in [2.45, 2.75) is 44.0 Å². The molecule has 0 spiro atoms. The predicted octanol–water partition coefficient (Wildman–Crippen LogP) is 1.58. The van der Waals surface area contributed by atoms with Gasteiger partial charge in [0.1, 0.15) is 16.7 Å². The van der Waals surface area contributed by atoms with Crippen LogP contribution in [0.25, 0.3) is 0 Å². The average molecular weight is 358 g/mol. The van der Waals surface area contributed by atoms with Gasteiger partial charge in [-0.25, -0.2) is 8.42 Å². The number of unbranched alkanes of at least 4 members (excludes halogenated alkanes) is 1. The van der Waals surface area contributed by atoms with Gasteiger partial charge in [-0.15, -0.1) is 0 Å². The maximum Gasteiger partial charge on any atom is 0.321 e. The number of methoxy groups -OCH3 is 1. The number of hydrogen-bond acceptors (Lipinski definition) is 5. The molecule has 9 heteroatoms. The van der Waals surface area contributed by atoms with Crippen LogP contribution in [0.15, 0.2) is 23.1 Å². The predicted molar refractivity (Wildman–Crippen MR) is 88.6 cm³/mol. The van der Waals surface area contributed by atoms with Crippen molar-refractivity contribution in [2.75, 3.05) is 12.4 Å². The number of nitrogens with one attached hydrogen (secondary N) is 2. The van der Waals surface area contributed by atoms with E-state index in [9.17, 15) is 23.1 Å². The highest BCUT2D eigenvalue weighted by molar-refractivity contribution is 7.89. The number of amides is 1. The molecule has 0 aliphatic rings. The minimum atomic E-state index is -4.14. The van der Waals surface area contributed by atoms with E-state index >= 15 is 0 Å². The minimum Gasteiger partial charge on any atom is -0.495 e. The number of ether oxygens (including phenoxy) is 1. The number of carbonyl (C=O) groups excluding carboxylic acids is 1. The van der Waals surface area contributed by atoms with Crippen LogP contribution in [0.4, 0.5) is 5.69 Å². The zero-order valence-electron chi connectivity index (χ0n) is 13.8. The molecule has 0 heterocycles. The molecule has 1 rings (SSSR count). The fraction of sp³-hybridized carbons (Fsp3) is 0.467. The lowest BCUT2D eigenvalue weighted by molar-refractivity contribution is -0.139. The van der Waals surface area contributed by atoms with Gasteiger partial charge in [-0.1, -0.05) is 19.8 Å². The Balaban J connectivity index is 3.19. The Kier molecular flexibility index (Phi) is 7.18. The van der Waals surface area contributed by atoms with Crippen LogP contribution in [0, 0.1) is 0 Å². The third-order valence-electron chi connectivity index (χ3n) is 3.22. The van der Waals surface area contributed by atoms with E-state index in [1.165, 1.54) is 32.2 Å². The molecule has 0 aromatic heterocycles. The van der Waals surface area contributed by atoms with E-state index in [4.69, 9.17) is 4.74 Å². The number of anilines is 1. The van der Waals surface area contributed by atoms with E-state index in [1.807, 2.05) is 6.92 Å². The smallest absolute Gasteiger partial charge is 0.321 e. The SMILES string of the molecule is CCCCC(NS(=O)(=O)c1cc(NC(C)=O)ccc1OC)C(=O)O. The highest BCUT2D eigenvalue weighted by Crippen LogP contribution is 2.27. The van der Waals surface area contributed by atoms with Crippen LogP contribution in [-0.2, 0) is 19.6 Å². The fourth-order valence-corrected chi connectivity index (χ4v) is 3.48. The van der Waals surface area contributed by atoms with Crippen LogP contribution >= 0.6 is 0 Å². The number of carboxylic acids is 1. The molecular formula is C15H22N2O6S. The van der Waals surface area contributed by atoms with Crippen LogP contribution in [-0.4, -0.2) is 38.6 Å². The summed E-state index contributed by atoms with van der Waals surface area (Å²) in [6.45, 7) is 3.18. The molecule has 0 radical (unpaired) electrons. The monoisotopic (exact) mass is 358 g/mol. The second-order valence-electron chi connectivity index (χ2n) is 5.20. The van der Waals surface area contributed by atoms with E-state index in [1.54, 1.807) is 0 Å². The van der Waals surface area contributed by atoms with Crippen LogP contribution < -0.4 is 14.8 Å². The van der Waals surface area contributed by atoms with Gasteiger partial charge in [0.05, 0.1) is 7.11 Å². The Hall–Kier alpha value is -2.13. The first kappa shape index (κ1) is 19.9. The van der Waals surface area contributed by atoms with Gasteiger partial charge in [0.2, 0.25) is 15.9 Å². The van der Waals surface area contributed by atoms with Crippen molar-refractivity contribution in [1.29, 1.82) is 0 Å². The van der Waals surface area contributed by atoms with Gasteiger partial charge in [-0.3, -0.25) is 9.59 Å². The molecule has 1 unspecified atom stereocenters. The summed E-state index contributed by atoms with van der Waals surface area (Å²) in [7, 11) is -2.84. The lowest BCUT2D eigenvalue weighted by Gasteiger charge is -2.17. The Bertz CT molecular complexity index is 702. The molecule has 8 nitrogen and oxygen atoms in total. The molecule has 0 bridgehead atoms. The maximum atomic E-state index is 12.6. The first-order valence-corrected chi connectivity index (χ1v) is 8.90. The minimum absolute atomic E-state index is 0.0521. The third-order valence-corrected chi connectivity index (χ3v) is 4.71. The van der Waals surface area contributed by atoms with Crippen molar-refractivity contribution < 1.29 is 27.9 Å². The molecule has 1 aromatic carbocycles. The summed E-state index contributed by atoms with van der Waals surface area (Å²) in [6.07, 6.45) is 1.49. The first-order valence-electron chi connectivity index (χ1n) is 7.42. The Morgan fingerprint density at radius 1 is 1.33 bits per heavy atom. The average Bonchev–Trinajstić information content (AvgIpc) is 2.50. The molecule has 1 atom stereocenters. The van der Waals surface area contributed by atoms with E-state index in [2.05, 4.69) is 10.0 Å². The largest absolute Gasteiger partial charge is 0.495 e. The van der Waals surface area contributed by atoms with Crippen molar-refractivity contribution in [1.82, 2.24) is 4.72 Å². The third kappa shape index (κ3) is 5.50. The van der Waals surface area contributed by atoms with Crippen molar-refractivity contribution in [3.05, 3.63) is 18.2 Å². The van der Waals surface area contributed by atoms with Crippen molar-refractivity contribution in [3.8, 4) is 5.75 Å². The van der Waals surface area contributed by atoms with Crippen molar-refractivity contribution >= 4 is 27.6 Å². The summed E-state index contributed by atoms with van der Waals surface area (Å²) in [4.78, 5) is 22.2. The standard InChI is InChI=1S/C15H22N2O6S/c1-4-5-6-12(15(19)20)17-24(21,22)14-9-11(16-10(2)18)7-8-13(14)23-3/h7-9,12,17H,4-6H2,1-3H3,(H,16,18)(H,19,20). The number of benzene rings is 1. The Morgan fingerprint density at radius 2 is 2.00 bits per heavy atom. The maximum absolute atomic E-state index is 12.6. The molecule has 1 aromatic rings. The van der Waals surface area contributed by atoms with E-state index < -0.39 is 22.0 Å². The van der Waals surface area contributed by atoms with Crippen LogP contribution in [0.1, 0.15) is 33.1 Å². The number of carbonyl (C=O) groups is 2. The van der Waals surface area contributed by atoms with Crippen LogP contribution in [0.3, 0.4) is 0 Å². The molecular weight excluding hydrogens is 336 g/mol. The van der Waals surface area contributed by atoms with Crippen LogP contribution in [0.5, 0.6) is 5.75 Å². The lowest BCUT2D eigenvalue weighted by Crippen LogP contribution is -2.40. The number of rotatable bonds is 9. The summed E-state index contributed by atoms with van der Waals surface area (Å²) in [6, 6.07) is 2.87. The van der Waals surface area contributed by atoms with E-state index in [-0.39, 0.29) is 28.7 Å². The van der Waals surface area contributed by atoms with E-state index in [0.717, 1.165) is 6.42 Å². The quantitative estimate of drug-likeness (QED) is 0.616. The van der Waals surface area contributed by atoms with Crippen LogP contribution in [0.2, 0.25) is 0 Å². The Morgan fingerprint density at radius 3 is 2.50 bits per heavy atom. The summed E-state index contributed by atoms with van der Waals surface area (Å²) in [5.74, 6) is -1.55. The summed E-state index contributed by atoms with van der Waals surface area (Å²) < 4.78 is 32.3. The van der Waals surface area contributed by atoms with Gasteiger partial charge in [-0.05, 0) is 24.6 Å². The first-order chi connectivity index (χ1) is 11.2. The molecule has 0 saturated carbocycles. The molecule has 1 amide bonds. The van der Waals surface area contributed by atoms with Gasteiger partial charge in [0, 0.05) is 12.6 Å². The Labute approximate surface area is 141 Å². The van der Waals surface area contributed by atoms with E-state index in [0.29, 0.717) is 6.42 Å². The molecule has 24 heavy (non-hydrogen) atoms. The fourth-order valence-electron chi connectivity index (χ4n) is 2.06. The second kappa shape index (κ2) is 8.65. The molecule has 3 N–H and O–H groups in total. The van der Waals surface area contributed by atoms with Gasteiger partial charge in [-0.2, -0.15) is 4.72 Å². The molecule has 0 aliphatic heterocycles. The molecule has 0 saturated heterocycles. The van der Waals surface area contributed by atoms with Crippen molar-refractivity contribution in [2.24, 2.45) is 0 Å². The number of aliphatic carboxylic acids is 1.